The second kappa shape index (κ2) is 8.56. The molecule has 6 nitrogen and oxygen atoms in total. The van der Waals surface area contributed by atoms with Crippen LogP contribution >= 0.6 is 34.4 Å². The van der Waals surface area contributed by atoms with Crippen molar-refractivity contribution in [3.05, 3.63) is 51.1 Å². The summed E-state index contributed by atoms with van der Waals surface area (Å²) in [5.41, 5.74) is 2.61. The molecule has 0 aliphatic rings. The molecule has 4 rings (SSSR count). The van der Waals surface area contributed by atoms with Crippen LogP contribution in [-0.2, 0) is 12.3 Å². The number of methoxy groups -OCH3 is 2. The van der Waals surface area contributed by atoms with Crippen molar-refractivity contribution < 1.29 is 9.47 Å². The molecular weight excluding hydrogens is 426 g/mol. The van der Waals surface area contributed by atoms with Gasteiger partial charge in [-0.25, -0.2) is 9.97 Å². The van der Waals surface area contributed by atoms with E-state index in [1.165, 1.54) is 23.1 Å². The SMILES string of the molecule is CCn1c(SCc2csc(-c3cccc(OC)c3OC)n2)nc2ccsc2c1=O. The van der Waals surface area contributed by atoms with Gasteiger partial charge in [-0.3, -0.25) is 9.36 Å². The van der Waals surface area contributed by atoms with E-state index in [2.05, 4.69) is 4.98 Å². The molecule has 0 N–H and O–H groups in total. The van der Waals surface area contributed by atoms with Crippen molar-refractivity contribution in [3.63, 3.8) is 0 Å². The highest BCUT2D eigenvalue weighted by Crippen LogP contribution is 2.39. The van der Waals surface area contributed by atoms with Crippen LogP contribution in [0.4, 0.5) is 0 Å². The van der Waals surface area contributed by atoms with Gasteiger partial charge in [-0.1, -0.05) is 17.8 Å². The second-order valence-electron chi connectivity index (χ2n) is 6.05. The van der Waals surface area contributed by atoms with E-state index in [1.54, 1.807) is 30.1 Å². The molecule has 0 aliphatic carbocycles. The number of hydrogen-bond acceptors (Lipinski definition) is 8. The summed E-state index contributed by atoms with van der Waals surface area (Å²) in [5, 5.41) is 5.52. The molecule has 0 radical (unpaired) electrons. The fraction of sp³-hybridized carbons (Fsp3) is 0.250. The Hall–Kier alpha value is -2.36. The van der Waals surface area contributed by atoms with E-state index in [0.29, 0.717) is 28.5 Å². The summed E-state index contributed by atoms with van der Waals surface area (Å²) >= 11 is 4.52. The minimum absolute atomic E-state index is 0.0232. The van der Waals surface area contributed by atoms with Crippen molar-refractivity contribution in [2.24, 2.45) is 0 Å². The lowest BCUT2D eigenvalue weighted by atomic mass is 10.2. The molecule has 3 heterocycles. The fourth-order valence-electron chi connectivity index (χ4n) is 3.00. The largest absolute Gasteiger partial charge is 0.493 e. The fourth-order valence-corrected chi connectivity index (χ4v) is 5.68. The summed E-state index contributed by atoms with van der Waals surface area (Å²) < 4.78 is 13.3. The highest BCUT2D eigenvalue weighted by Gasteiger charge is 2.16. The minimum Gasteiger partial charge on any atom is -0.493 e. The Balaban J connectivity index is 1.60. The maximum Gasteiger partial charge on any atom is 0.272 e. The Bertz CT molecular complexity index is 1210. The van der Waals surface area contributed by atoms with E-state index in [0.717, 1.165) is 26.9 Å². The first-order valence-electron chi connectivity index (χ1n) is 8.92. The monoisotopic (exact) mass is 445 g/mol. The summed E-state index contributed by atoms with van der Waals surface area (Å²) in [6.07, 6.45) is 0. The van der Waals surface area contributed by atoms with Gasteiger partial charge < -0.3 is 9.47 Å². The summed E-state index contributed by atoms with van der Waals surface area (Å²) in [6, 6.07) is 7.65. The maximum atomic E-state index is 12.7. The molecule has 0 spiro atoms. The van der Waals surface area contributed by atoms with Gasteiger partial charge in [0.15, 0.2) is 16.7 Å². The van der Waals surface area contributed by atoms with Gasteiger partial charge in [0.2, 0.25) is 0 Å². The van der Waals surface area contributed by atoms with Gasteiger partial charge in [0, 0.05) is 17.7 Å². The van der Waals surface area contributed by atoms with Crippen molar-refractivity contribution in [1.82, 2.24) is 14.5 Å². The highest BCUT2D eigenvalue weighted by molar-refractivity contribution is 7.98. The molecular formula is C20H19N3O3S3. The lowest BCUT2D eigenvalue weighted by molar-refractivity contribution is 0.356. The summed E-state index contributed by atoms with van der Waals surface area (Å²) in [4.78, 5) is 22.1. The third-order valence-corrected chi connectivity index (χ3v) is 7.21. The van der Waals surface area contributed by atoms with Gasteiger partial charge in [-0.15, -0.1) is 22.7 Å². The number of benzene rings is 1. The van der Waals surface area contributed by atoms with E-state index in [1.807, 2.05) is 41.9 Å². The van der Waals surface area contributed by atoms with Gasteiger partial charge in [0.1, 0.15) is 9.71 Å². The molecule has 0 atom stereocenters. The van der Waals surface area contributed by atoms with Gasteiger partial charge in [0.05, 0.1) is 31.0 Å². The van der Waals surface area contributed by atoms with Gasteiger partial charge in [-0.05, 0) is 30.5 Å². The molecule has 0 fully saturated rings. The van der Waals surface area contributed by atoms with E-state index in [-0.39, 0.29) is 5.56 Å². The van der Waals surface area contributed by atoms with Crippen LogP contribution in [0.2, 0.25) is 0 Å². The van der Waals surface area contributed by atoms with Crippen LogP contribution in [0.3, 0.4) is 0 Å². The zero-order chi connectivity index (χ0) is 20.4. The van der Waals surface area contributed by atoms with Crippen LogP contribution in [0.1, 0.15) is 12.6 Å². The Labute approximate surface area is 180 Å². The quantitative estimate of drug-likeness (QED) is 0.297. The molecule has 29 heavy (non-hydrogen) atoms. The van der Waals surface area contributed by atoms with Crippen LogP contribution in [-0.4, -0.2) is 28.8 Å². The zero-order valence-corrected chi connectivity index (χ0v) is 18.6. The number of hydrogen-bond donors (Lipinski definition) is 0. The third-order valence-electron chi connectivity index (χ3n) is 4.38. The molecule has 0 bridgehead atoms. The molecule has 0 saturated heterocycles. The van der Waals surface area contributed by atoms with Gasteiger partial charge >= 0.3 is 0 Å². The predicted octanol–water partition coefficient (Wildman–Crippen LogP) is 4.91. The summed E-state index contributed by atoms with van der Waals surface area (Å²) in [5.74, 6) is 1.98. The molecule has 9 heteroatoms. The Morgan fingerprint density at radius 2 is 2.00 bits per heavy atom. The van der Waals surface area contributed by atoms with Gasteiger partial charge in [-0.2, -0.15) is 0 Å². The van der Waals surface area contributed by atoms with E-state index < -0.39 is 0 Å². The first kappa shape index (κ1) is 19.9. The van der Waals surface area contributed by atoms with E-state index in [4.69, 9.17) is 14.5 Å². The number of nitrogens with zero attached hydrogens (tertiary/aromatic N) is 3. The van der Waals surface area contributed by atoms with E-state index >= 15 is 0 Å². The minimum atomic E-state index is 0.0232. The number of fused-ring (bicyclic) bond motifs is 1. The average molecular weight is 446 g/mol. The molecule has 1 aromatic carbocycles. The average Bonchev–Trinajstić information content (AvgIpc) is 3.41. The molecule has 0 saturated carbocycles. The lowest BCUT2D eigenvalue weighted by Crippen LogP contribution is -2.21. The van der Waals surface area contributed by atoms with Crippen LogP contribution in [0.15, 0.2) is 45.0 Å². The molecule has 150 valence electrons. The maximum absolute atomic E-state index is 12.7. The Morgan fingerprint density at radius 1 is 1.14 bits per heavy atom. The number of thiazole rings is 1. The molecule has 4 aromatic rings. The topological polar surface area (TPSA) is 66.2 Å². The number of thiophene rings is 1. The van der Waals surface area contributed by atoms with Crippen molar-refractivity contribution in [1.29, 1.82) is 0 Å². The van der Waals surface area contributed by atoms with Crippen LogP contribution < -0.4 is 15.0 Å². The van der Waals surface area contributed by atoms with Gasteiger partial charge in [0.25, 0.3) is 5.56 Å². The molecule has 0 unspecified atom stereocenters. The molecule has 0 amide bonds. The van der Waals surface area contributed by atoms with E-state index in [9.17, 15) is 4.79 Å². The van der Waals surface area contributed by atoms with Crippen LogP contribution in [0.5, 0.6) is 11.5 Å². The summed E-state index contributed by atoms with van der Waals surface area (Å²) in [6.45, 7) is 2.55. The third kappa shape index (κ3) is 3.77. The predicted molar refractivity (Wildman–Crippen MR) is 120 cm³/mol. The van der Waals surface area contributed by atoms with Crippen LogP contribution in [0.25, 0.3) is 20.8 Å². The highest BCUT2D eigenvalue weighted by atomic mass is 32.2. The number of thioether (sulfide) groups is 1. The van der Waals surface area contributed by atoms with Crippen LogP contribution in [0, 0.1) is 0 Å². The molecule has 0 aliphatic heterocycles. The first-order chi connectivity index (χ1) is 14.2. The normalized spacial score (nSPS) is 11.1. The zero-order valence-electron chi connectivity index (χ0n) is 16.2. The second-order valence-corrected chi connectivity index (χ2v) is 8.77. The first-order valence-corrected chi connectivity index (χ1v) is 11.7. The number of rotatable bonds is 7. The Kier molecular flexibility index (Phi) is 5.89. The number of ether oxygens (including phenoxy) is 2. The van der Waals surface area contributed by atoms with Crippen molar-refractivity contribution in [2.75, 3.05) is 14.2 Å². The summed E-state index contributed by atoms with van der Waals surface area (Å²) in [7, 11) is 3.25. The van der Waals surface area contributed by atoms with Crippen molar-refractivity contribution in [2.45, 2.75) is 24.4 Å². The standard InChI is InChI=1S/C20H19N3O3S3/c1-4-23-19(24)17-14(8-9-27-17)22-20(23)29-11-12-10-28-18(21-12)13-6-5-7-15(25-2)16(13)26-3/h5-10H,4,11H2,1-3H3. The number of para-hydroxylation sites is 1. The smallest absolute Gasteiger partial charge is 0.272 e. The lowest BCUT2D eigenvalue weighted by Gasteiger charge is -2.10. The Morgan fingerprint density at radius 3 is 2.76 bits per heavy atom. The van der Waals surface area contributed by atoms with Crippen molar-refractivity contribution >= 4 is 44.7 Å². The number of aromatic nitrogens is 3. The van der Waals surface area contributed by atoms with Crippen molar-refractivity contribution in [3.8, 4) is 22.1 Å². The molecule has 3 aromatic heterocycles.